The number of hydrogen-bond acceptors (Lipinski definition) is 4. The lowest BCUT2D eigenvalue weighted by Gasteiger charge is -2.07. The van der Waals surface area contributed by atoms with Crippen molar-refractivity contribution in [2.45, 2.75) is 19.4 Å². The Labute approximate surface area is 118 Å². The molecule has 0 fully saturated rings. The summed E-state index contributed by atoms with van der Waals surface area (Å²) in [5, 5.41) is 13.7. The summed E-state index contributed by atoms with van der Waals surface area (Å²) in [4.78, 5) is 22.7. The smallest absolute Gasteiger partial charge is 0.407 e. The van der Waals surface area contributed by atoms with Gasteiger partial charge in [-0.25, -0.2) is 4.79 Å². The zero-order chi connectivity index (χ0) is 14.6. The van der Waals surface area contributed by atoms with E-state index < -0.39 is 6.09 Å². The molecule has 0 saturated heterocycles. The lowest BCUT2D eigenvalue weighted by Crippen LogP contribution is -2.31. The highest BCUT2D eigenvalue weighted by molar-refractivity contribution is 5.76. The second-order valence-corrected chi connectivity index (χ2v) is 4.17. The van der Waals surface area contributed by atoms with E-state index in [2.05, 4.69) is 10.6 Å². The number of carbonyl (C=O) groups excluding carboxylic acids is 2. The number of alkyl carbamates (subject to hydrolysis) is 1. The first-order valence-electron chi connectivity index (χ1n) is 6.54. The Morgan fingerprint density at radius 3 is 2.55 bits per heavy atom. The topological polar surface area (TPSA) is 87.7 Å². The maximum atomic E-state index is 11.4. The highest BCUT2D eigenvalue weighted by Crippen LogP contribution is 2.00. The molecule has 0 aliphatic carbocycles. The summed E-state index contributed by atoms with van der Waals surface area (Å²) in [5.74, 6) is -0.165. The van der Waals surface area contributed by atoms with Crippen molar-refractivity contribution in [2.24, 2.45) is 0 Å². The summed E-state index contributed by atoms with van der Waals surface area (Å²) in [6.45, 7) is 0.909. The molecule has 6 nitrogen and oxygen atoms in total. The predicted octanol–water partition coefficient (Wildman–Crippen LogP) is 0.802. The van der Waals surface area contributed by atoms with E-state index in [0.29, 0.717) is 13.0 Å². The van der Waals surface area contributed by atoms with E-state index in [9.17, 15) is 9.59 Å². The molecule has 0 unspecified atom stereocenters. The molecule has 3 N–H and O–H groups in total. The van der Waals surface area contributed by atoms with Gasteiger partial charge in [0.25, 0.3) is 0 Å². The van der Waals surface area contributed by atoms with Crippen LogP contribution in [0.1, 0.15) is 18.4 Å². The second kappa shape index (κ2) is 9.80. The van der Waals surface area contributed by atoms with Gasteiger partial charge in [-0.05, 0) is 12.0 Å². The van der Waals surface area contributed by atoms with Crippen molar-refractivity contribution in [3.05, 3.63) is 35.9 Å². The van der Waals surface area contributed by atoms with E-state index in [4.69, 9.17) is 9.84 Å². The van der Waals surface area contributed by atoms with Crippen LogP contribution in [0.15, 0.2) is 30.3 Å². The number of benzene rings is 1. The van der Waals surface area contributed by atoms with Crippen LogP contribution < -0.4 is 10.6 Å². The van der Waals surface area contributed by atoms with Gasteiger partial charge in [0.1, 0.15) is 6.61 Å². The van der Waals surface area contributed by atoms with Crippen LogP contribution in [0.5, 0.6) is 0 Å². The van der Waals surface area contributed by atoms with Crippen LogP contribution in [0.4, 0.5) is 4.79 Å². The van der Waals surface area contributed by atoms with E-state index >= 15 is 0 Å². The highest BCUT2D eigenvalue weighted by atomic mass is 16.5. The molecule has 2 amide bonds. The van der Waals surface area contributed by atoms with Gasteiger partial charge in [0, 0.05) is 26.1 Å². The molecule has 20 heavy (non-hydrogen) atoms. The summed E-state index contributed by atoms with van der Waals surface area (Å²) < 4.78 is 4.99. The van der Waals surface area contributed by atoms with Gasteiger partial charge in [0.2, 0.25) is 5.91 Å². The Bertz CT molecular complexity index is 409. The van der Waals surface area contributed by atoms with E-state index in [1.807, 2.05) is 30.3 Å². The van der Waals surface area contributed by atoms with Gasteiger partial charge >= 0.3 is 6.09 Å². The fraction of sp³-hybridized carbons (Fsp3) is 0.429. The van der Waals surface area contributed by atoms with Crippen molar-refractivity contribution in [1.29, 1.82) is 0 Å². The van der Waals surface area contributed by atoms with Gasteiger partial charge in [-0.2, -0.15) is 0 Å². The average molecular weight is 280 g/mol. The Balaban J connectivity index is 2.07. The molecule has 110 valence electrons. The van der Waals surface area contributed by atoms with Crippen molar-refractivity contribution in [1.82, 2.24) is 10.6 Å². The van der Waals surface area contributed by atoms with Gasteiger partial charge in [0.15, 0.2) is 0 Å². The maximum absolute atomic E-state index is 11.4. The van der Waals surface area contributed by atoms with Crippen LogP contribution in [0.2, 0.25) is 0 Å². The molecular weight excluding hydrogens is 260 g/mol. The second-order valence-electron chi connectivity index (χ2n) is 4.17. The molecule has 1 aromatic rings. The molecule has 1 rings (SSSR count). The fourth-order valence-electron chi connectivity index (χ4n) is 1.45. The van der Waals surface area contributed by atoms with E-state index in [1.165, 1.54) is 0 Å². The van der Waals surface area contributed by atoms with E-state index in [0.717, 1.165) is 5.56 Å². The van der Waals surface area contributed by atoms with Gasteiger partial charge in [-0.1, -0.05) is 30.3 Å². The highest BCUT2D eigenvalue weighted by Gasteiger charge is 2.04. The van der Waals surface area contributed by atoms with E-state index in [-0.39, 0.29) is 32.1 Å². The molecular formula is C14H20N2O4. The minimum atomic E-state index is -0.544. The standard InChI is InChI=1S/C14H20N2O4/c17-10-4-8-15-13(18)7-9-16-14(19)20-11-12-5-2-1-3-6-12/h1-3,5-6,17H,4,7-11H2,(H,15,18)(H,16,19). The first-order valence-corrected chi connectivity index (χ1v) is 6.54. The van der Waals surface area contributed by atoms with Crippen LogP contribution in [-0.4, -0.2) is 36.8 Å². The zero-order valence-corrected chi connectivity index (χ0v) is 11.3. The first-order chi connectivity index (χ1) is 9.72. The molecule has 0 aliphatic rings. The van der Waals surface area contributed by atoms with Gasteiger partial charge < -0.3 is 20.5 Å². The number of amides is 2. The molecule has 0 radical (unpaired) electrons. The van der Waals surface area contributed by atoms with Crippen molar-refractivity contribution >= 4 is 12.0 Å². The molecule has 0 aromatic heterocycles. The van der Waals surface area contributed by atoms with E-state index in [1.54, 1.807) is 0 Å². The monoisotopic (exact) mass is 280 g/mol. The zero-order valence-electron chi connectivity index (χ0n) is 11.3. The van der Waals surface area contributed by atoms with Crippen molar-refractivity contribution in [3.63, 3.8) is 0 Å². The van der Waals surface area contributed by atoms with Crippen LogP contribution in [-0.2, 0) is 16.1 Å². The lowest BCUT2D eigenvalue weighted by atomic mass is 10.2. The lowest BCUT2D eigenvalue weighted by molar-refractivity contribution is -0.120. The average Bonchev–Trinajstić information content (AvgIpc) is 2.46. The predicted molar refractivity (Wildman–Crippen MR) is 74.0 cm³/mol. The third-order valence-electron chi connectivity index (χ3n) is 2.49. The Hall–Kier alpha value is -2.08. The molecule has 0 heterocycles. The number of aliphatic hydroxyl groups excluding tert-OH is 1. The summed E-state index contributed by atoms with van der Waals surface area (Å²) in [6.07, 6.45) is 0.168. The Kier molecular flexibility index (Phi) is 7.83. The number of ether oxygens (including phenoxy) is 1. The minimum Gasteiger partial charge on any atom is -0.445 e. The van der Waals surface area contributed by atoms with Crippen LogP contribution in [0.3, 0.4) is 0 Å². The summed E-state index contributed by atoms with van der Waals surface area (Å²) in [7, 11) is 0. The molecule has 0 aliphatic heterocycles. The number of carbonyl (C=O) groups is 2. The summed E-state index contributed by atoms with van der Waals surface area (Å²) in [5.41, 5.74) is 0.907. The van der Waals surface area contributed by atoms with Gasteiger partial charge in [-0.3, -0.25) is 4.79 Å². The molecule has 6 heteroatoms. The maximum Gasteiger partial charge on any atom is 0.407 e. The number of nitrogens with one attached hydrogen (secondary N) is 2. The largest absolute Gasteiger partial charge is 0.445 e. The number of rotatable bonds is 8. The number of hydrogen-bond donors (Lipinski definition) is 3. The molecule has 0 bridgehead atoms. The van der Waals surface area contributed by atoms with Crippen molar-refractivity contribution < 1.29 is 19.4 Å². The molecule has 0 saturated carbocycles. The molecule has 0 atom stereocenters. The third-order valence-corrected chi connectivity index (χ3v) is 2.49. The van der Waals surface area contributed by atoms with Gasteiger partial charge in [-0.15, -0.1) is 0 Å². The SMILES string of the molecule is O=C(CCNC(=O)OCc1ccccc1)NCCCO. The third kappa shape index (κ3) is 7.38. The van der Waals surface area contributed by atoms with Crippen molar-refractivity contribution in [2.75, 3.05) is 19.7 Å². The minimum absolute atomic E-state index is 0.0460. The Morgan fingerprint density at radius 1 is 1.10 bits per heavy atom. The molecule has 1 aromatic carbocycles. The summed E-state index contributed by atoms with van der Waals surface area (Å²) >= 11 is 0. The van der Waals surface area contributed by atoms with Crippen LogP contribution >= 0.6 is 0 Å². The van der Waals surface area contributed by atoms with Crippen LogP contribution in [0, 0.1) is 0 Å². The first kappa shape index (κ1) is 16.0. The van der Waals surface area contributed by atoms with Crippen molar-refractivity contribution in [3.8, 4) is 0 Å². The Morgan fingerprint density at radius 2 is 1.85 bits per heavy atom. The van der Waals surface area contributed by atoms with Gasteiger partial charge in [0.05, 0.1) is 0 Å². The normalized spacial score (nSPS) is 9.85. The summed E-state index contributed by atoms with van der Waals surface area (Å²) in [6, 6.07) is 9.35. The quantitative estimate of drug-likeness (QED) is 0.615. The fourth-order valence-corrected chi connectivity index (χ4v) is 1.45. The molecule has 0 spiro atoms. The number of aliphatic hydroxyl groups is 1. The van der Waals surface area contributed by atoms with Crippen LogP contribution in [0.25, 0.3) is 0 Å².